The molecule has 0 saturated heterocycles. The Kier molecular flexibility index (Phi) is 4.66. The highest BCUT2D eigenvalue weighted by molar-refractivity contribution is 5.78. The Hall–Kier alpha value is -3.42. The summed E-state index contributed by atoms with van der Waals surface area (Å²) in [6.45, 7) is 3.82. The summed E-state index contributed by atoms with van der Waals surface area (Å²) < 4.78 is 1.59. The average molecular weight is 320 g/mol. The maximum atomic E-state index is 4.28. The summed E-state index contributed by atoms with van der Waals surface area (Å²) in [4.78, 5) is 0. The van der Waals surface area contributed by atoms with Crippen LogP contribution in [0.1, 0.15) is 17.0 Å². The van der Waals surface area contributed by atoms with Gasteiger partial charge in [0.05, 0.1) is 5.69 Å². The molecule has 2 heterocycles. The van der Waals surface area contributed by atoms with Gasteiger partial charge in [-0.15, -0.1) is 20.4 Å². The van der Waals surface area contributed by atoms with E-state index in [1.165, 1.54) is 0 Å². The molecule has 0 amide bonds. The molecule has 24 heavy (non-hydrogen) atoms. The number of nitrogens with one attached hydrogen (secondary N) is 1. The Balaban J connectivity index is 1.59. The zero-order chi connectivity index (χ0) is 16.8. The highest BCUT2D eigenvalue weighted by Gasteiger charge is 2.07. The SMILES string of the molecule is Cc1cc(C)n(-c2nnc(NN=CC=Cc3ccccc3)nn2)n1. The Morgan fingerprint density at radius 3 is 2.46 bits per heavy atom. The quantitative estimate of drug-likeness (QED) is 0.572. The molecule has 3 rings (SSSR count). The Bertz CT molecular complexity index is 850. The van der Waals surface area contributed by atoms with Gasteiger partial charge >= 0.3 is 0 Å². The Labute approximate surface area is 139 Å². The summed E-state index contributed by atoms with van der Waals surface area (Å²) in [5.41, 5.74) is 5.57. The van der Waals surface area contributed by atoms with Crippen molar-refractivity contribution in [2.75, 3.05) is 5.43 Å². The number of hydrogen-bond donors (Lipinski definition) is 1. The Morgan fingerprint density at radius 1 is 1.04 bits per heavy atom. The fourth-order valence-electron chi connectivity index (χ4n) is 2.04. The molecule has 0 fully saturated rings. The van der Waals surface area contributed by atoms with Crippen molar-refractivity contribution < 1.29 is 0 Å². The summed E-state index contributed by atoms with van der Waals surface area (Å²) >= 11 is 0. The van der Waals surface area contributed by atoms with E-state index in [1.54, 1.807) is 10.9 Å². The molecule has 8 heteroatoms. The molecule has 0 spiro atoms. The van der Waals surface area contributed by atoms with Crippen LogP contribution in [0.3, 0.4) is 0 Å². The number of rotatable bonds is 5. The molecule has 0 radical (unpaired) electrons. The van der Waals surface area contributed by atoms with Crippen molar-refractivity contribution in [1.29, 1.82) is 0 Å². The summed E-state index contributed by atoms with van der Waals surface area (Å²) in [5.74, 6) is 0.531. The van der Waals surface area contributed by atoms with E-state index in [2.05, 4.69) is 36.0 Å². The van der Waals surface area contributed by atoms with Crippen molar-refractivity contribution in [3.8, 4) is 5.95 Å². The normalized spacial score (nSPS) is 11.4. The zero-order valence-electron chi connectivity index (χ0n) is 13.3. The maximum Gasteiger partial charge on any atom is 0.289 e. The van der Waals surface area contributed by atoms with Crippen LogP contribution in [0, 0.1) is 13.8 Å². The smallest absolute Gasteiger partial charge is 0.243 e. The van der Waals surface area contributed by atoms with Crippen LogP contribution >= 0.6 is 0 Å². The molecule has 2 aromatic heterocycles. The second-order valence-corrected chi connectivity index (χ2v) is 5.02. The van der Waals surface area contributed by atoms with Gasteiger partial charge in [-0.05, 0) is 31.6 Å². The van der Waals surface area contributed by atoms with Crippen molar-refractivity contribution in [1.82, 2.24) is 30.2 Å². The second kappa shape index (κ2) is 7.23. The molecule has 0 saturated carbocycles. The largest absolute Gasteiger partial charge is 0.289 e. The van der Waals surface area contributed by atoms with Crippen molar-refractivity contribution >= 4 is 18.2 Å². The van der Waals surface area contributed by atoms with E-state index < -0.39 is 0 Å². The van der Waals surface area contributed by atoms with Crippen LogP contribution in [0.2, 0.25) is 0 Å². The standard InChI is InChI=1S/C16H16N8/c1-12-11-13(2)24(23-12)16-21-19-15(20-22-16)18-17-10-6-9-14-7-4-3-5-8-14/h3-11H,1-2H3,(H,18,19,20). The molecule has 1 aromatic carbocycles. The lowest BCUT2D eigenvalue weighted by Gasteiger charge is -2.00. The van der Waals surface area contributed by atoms with E-state index in [4.69, 9.17) is 0 Å². The third kappa shape index (κ3) is 3.86. The van der Waals surface area contributed by atoms with Gasteiger partial charge in [0.15, 0.2) is 0 Å². The van der Waals surface area contributed by atoms with Gasteiger partial charge in [0.1, 0.15) is 0 Å². The van der Waals surface area contributed by atoms with Crippen LogP contribution in [0.5, 0.6) is 0 Å². The van der Waals surface area contributed by atoms with Crippen LogP contribution < -0.4 is 5.43 Å². The lowest BCUT2D eigenvalue weighted by atomic mass is 10.2. The van der Waals surface area contributed by atoms with E-state index in [0.717, 1.165) is 17.0 Å². The van der Waals surface area contributed by atoms with Crippen LogP contribution in [-0.2, 0) is 0 Å². The third-order valence-electron chi connectivity index (χ3n) is 3.08. The molecular weight excluding hydrogens is 304 g/mol. The minimum absolute atomic E-state index is 0.213. The zero-order valence-corrected chi connectivity index (χ0v) is 13.3. The molecule has 0 unspecified atom stereocenters. The van der Waals surface area contributed by atoms with Crippen molar-refractivity contribution in [3.05, 3.63) is 59.4 Å². The molecule has 0 aliphatic carbocycles. The summed E-state index contributed by atoms with van der Waals surface area (Å²) in [7, 11) is 0. The highest BCUT2D eigenvalue weighted by Crippen LogP contribution is 2.06. The van der Waals surface area contributed by atoms with Crippen LogP contribution in [0.4, 0.5) is 5.95 Å². The lowest BCUT2D eigenvalue weighted by Crippen LogP contribution is -2.09. The number of aryl methyl sites for hydroxylation is 2. The lowest BCUT2D eigenvalue weighted by molar-refractivity contribution is 0.711. The Morgan fingerprint density at radius 2 is 1.79 bits per heavy atom. The van der Waals surface area contributed by atoms with Gasteiger partial charge in [-0.25, -0.2) is 10.1 Å². The van der Waals surface area contributed by atoms with Crippen molar-refractivity contribution in [3.63, 3.8) is 0 Å². The number of anilines is 1. The van der Waals surface area contributed by atoms with E-state index in [0.29, 0.717) is 5.95 Å². The van der Waals surface area contributed by atoms with Gasteiger partial charge in [-0.2, -0.15) is 10.2 Å². The molecule has 1 N–H and O–H groups in total. The highest BCUT2D eigenvalue weighted by atomic mass is 15.5. The number of benzene rings is 1. The minimum Gasteiger partial charge on any atom is -0.243 e. The molecule has 8 nitrogen and oxygen atoms in total. The maximum absolute atomic E-state index is 4.28. The van der Waals surface area contributed by atoms with E-state index in [9.17, 15) is 0 Å². The van der Waals surface area contributed by atoms with Gasteiger partial charge < -0.3 is 0 Å². The number of allylic oxidation sites excluding steroid dienone is 1. The molecule has 120 valence electrons. The first kappa shape index (κ1) is 15.5. The predicted molar refractivity (Wildman–Crippen MR) is 91.8 cm³/mol. The van der Waals surface area contributed by atoms with Crippen molar-refractivity contribution in [2.24, 2.45) is 5.10 Å². The van der Waals surface area contributed by atoms with Crippen LogP contribution in [0.15, 0.2) is 47.6 Å². The topological polar surface area (TPSA) is 93.8 Å². The van der Waals surface area contributed by atoms with E-state index in [1.807, 2.05) is 62.4 Å². The molecule has 0 bridgehead atoms. The first-order valence-electron chi connectivity index (χ1n) is 7.34. The van der Waals surface area contributed by atoms with Gasteiger partial charge in [-0.3, -0.25) is 0 Å². The molecule has 3 aromatic rings. The number of aromatic nitrogens is 6. The molecule has 0 aliphatic rings. The van der Waals surface area contributed by atoms with Crippen LogP contribution in [-0.4, -0.2) is 36.4 Å². The minimum atomic E-state index is 0.213. The van der Waals surface area contributed by atoms with Gasteiger partial charge in [0.25, 0.3) is 11.9 Å². The monoisotopic (exact) mass is 320 g/mol. The number of hydrogen-bond acceptors (Lipinski definition) is 7. The van der Waals surface area contributed by atoms with Gasteiger partial charge in [0, 0.05) is 11.9 Å². The first-order chi connectivity index (χ1) is 11.7. The molecule has 0 atom stereocenters. The van der Waals surface area contributed by atoms with E-state index in [-0.39, 0.29) is 5.95 Å². The second-order valence-electron chi connectivity index (χ2n) is 5.02. The number of nitrogens with zero attached hydrogens (tertiary/aromatic N) is 7. The third-order valence-corrected chi connectivity index (χ3v) is 3.08. The summed E-state index contributed by atoms with van der Waals surface area (Å²) in [6.07, 6.45) is 5.35. The fourth-order valence-corrected chi connectivity index (χ4v) is 2.04. The van der Waals surface area contributed by atoms with E-state index >= 15 is 0 Å². The average Bonchev–Trinajstić information content (AvgIpc) is 2.94. The van der Waals surface area contributed by atoms with Crippen molar-refractivity contribution in [2.45, 2.75) is 13.8 Å². The van der Waals surface area contributed by atoms with Crippen LogP contribution in [0.25, 0.3) is 12.0 Å². The summed E-state index contributed by atoms with van der Waals surface area (Å²) in [5, 5.41) is 24.1. The molecular formula is C16H16N8. The first-order valence-corrected chi connectivity index (χ1v) is 7.34. The summed E-state index contributed by atoms with van der Waals surface area (Å²) in [6, 6.07) is 11.9. The molecule has 0 aliphatic heterocycles. The fraction of sp³-hybridized carbons (Fsp3) is 0.125. The van der Waals surface area contributed by atoms with Gasteiger partial charge in [0.2, 0.25) is 0 Å². The number of hydrazone groups is 1. The predicted octanol–water partition coefficient (Wildman–Crippen LogP) is 2.18. The van der Waals surface area contributed by atoms with Gasteiger partial charge in [-0.1, -0.05) is 36.4 Å².